The molecule has 0 amide bonds. The van der Waals surface area contributed by atoms with Gasteiger partial charge in [-0.15, -0.1) is 0 Å². The summed E-state index contributed by atoms with van der Waals surface area (Å²) < 4.78 is 15.6. The molecule has 1 aromatic rings. The summed E-state index contributed by atoms with van der Waals surface area (Å²) in [7, 11) is 3.28. The Morgan fingerprint density at radius 2 is 1.76 bits per heavy atom. The van der Waals surface area contributed by atoms with Crippen molar-refractivity contribution in [3.63, 3.8) is 0 Å². The number of nitrogens with zero attached hydrogens (tertiary/aromatic N) is 1. The number of aliphatic imine (C=N–C) groups is 1. The highest BCUT2D eigenvalue weighted by Crippen LogP contribution is 2.27. The highest BCUT2D eigenvalue weighted by molar-refractivity contribution is 5.79. The number of guanidine groups is 1. The van der Waals surface area contributed by atoms with Crippen LogP contribution in [0.5, 0.6) is 11.5 Å². The van der Waals surface area contributed by atoms with E-state index in [-0.39, 0.29) is 5.97 Å². The summed E-state index contributed by atoms with van der Waals surface area (Å²) in [6, 6.07) is 5.97. The largest absolute Gasteiger partial charge is 0.493 e. The summed E-state index contributed by atoms with van der Waals surface area (Å²) in [5, 5.41) is 6.65. The van der Waals surface area contributed by atoms with Crippen molar-refractivity contribution in [3.05, 3.63) is 23.8 Å². The lowest BCUT2D eigenvalue weighted by atomic mass is 10.1. The number of esters is 1. The van der Waals surface area contributed by atoms with Crippen molar-refractivity contribution in [1.82, 2.24) is 10.6 Å². The molecule has 7 nitrogen and oxygen atoms in total. The minimum absolute atomic E-state index is 0.0985. The van der Waals surface area contributed by atoms with E-state index in [9.17, 15) is 4.79 Å². The van der Waals surface area contributed by atoms with Gasteiger partial charge in [0.2, 0.25) is 0 Å². The van der Waals surface area contributed by atoms with Gasteiger partial charge in [-0.05, 0) is 50.8 Å². The first-order valence-electron chi connectivity index (χ1n) is 10.5. The normalized spacial score (nSPS) is 11.1. The Bertz CT molecular complexity index is 620. The molecule has 0 fully saturated rings. The second-order valence-electron chi connectivity index (χ2n) is 6.60. The van der Waals surface area contributed by atoms with E-state index in [1.54, 1.807) is 14.2 Å². The minimum atomic E-state index is -0.0985. The molecule has 0 saturated carbocycles. The second kappa shape index (κ2) is 15.5. The quantitative estimate of drug-likeness (QED) is 0.213. The molecule has 7 heteroatoms. The molecule has 2 N–H and O–H groups in total. The number of methoxy groups -OCH3 is 2. The van der Waals surface area contributed by atoms with E-state index in [2.05, 4.69) is 22.5 Å². The van der Waals surface area contributed by atoms with E-state index in [0.717, 1.165) is 69.2 Å². The lowest BCUT2D eigenvalue weighted by molar-refractivity contribution is -0.143. The van der Waals surface area contributed by atoms with E-state index in [0.29, 0.717) is 13.0 Å². The van der Waals surface area contributed by atoms with E-state index in [1.807, 2.05) is 25.1 Å². The molecule has 0 bridgehead atoms. The molecular weight excluding hydrogens is 370 g/mol. The average Bonchev–Trinajstić information content (AvgIpc) is 2.73. The van der Waals surface area contributed by atoms with Gasteiger partial charge in [-0.25, -0.2) is 0 Å². The summed E-state index contributed by atoms with van der Waals surface area (Å²) >= 11 is 0. The van der Waals surface area contributed by atoms with Gasteiger partial charge in [0.05, 0.1) is 20.8 Å². The van der Waals surface area contributed by atoms with Crippen LogP contribution in [0.25, 0.3) is 0 Å². The molecule has 0 aliphatic carbocycles. The number of unbranched alkanes of at least 4 members (excludes halogenated alkanes) is 3. The average molecular weight is 408 g/mol. The fraction of sp³-hybridized carbons (Fsp3) is 0.636. The standard InChI is InChI=1S/C22H37N3O4/c1-5-23-22(24-15-10-8-7-9-11-21(26)29-6-2)25-16-14-18-12-13-19(27-3)20(17-18)28-4/h12-13,17H,5-11,14-16H2,1-4H3,(H2,23,24,25). The van der Waals surface area contributed by atoms with Crippen LogP contribution >= 0.6 is 0 Å². The Labute approximate surface area is 175 Å². The van der Waals surface area contributed by atoms with Gasteiger partial charge < -0.3 is 24.8 Å². The lowest BCUT2D eigenvalue weighted by Gasteiger charge is -2.12. The number of ether oxygens (including phenoxy) is 3. The van der Waals surface area contributed by atoms with Gasteiger partial charge in [0, 0.05) is 26.1 Å². The predicted octanol–water partition coefficient (Wildman–Crippen LogP) is 3.32. The Morgan fingerprint density at radius 1 is 1.00 bits per heavy atom. The summed E-state index contributed by atoms with van der Waals surface area (Å²) in [6.07, 6.45) is 5.35. The van der Waals surface area contributed by atoms with Crippen molar-refractivity contribution in [1.29, 1.82) is 0 Å². The van der Waals surface area contributed by atoms with Gasteiger partial charge in [0.1, 0.15) is 0 Å². The summed E-state index contributed by atoms with van der Waals surface area (Å²) in [6.45, 7) is 6.72. The molecule has 0 unspecified atom stereocenters. The third-order valence-electron chi connectivity index (χ3n) is 4.36. The van der Waals surface area contributed by atoms with Gasteiger partial charge in [0.25, 0.3) is 0 Å². The number of hydrogen-bond acceptors (Lipinski definition) is 5. The van der Waals surface area contributed by atoms with Crippen LogP contribution in [-0.4, -0.2) is 52.4 Å². The Balaban J connectivity index is 2.31. The smallest absolute Gasteiger partial charge is 0.305 e. The van der Waals surface area contributed by atoms with E-state index < -0.39 is 0 Å². The number of carbonyl (C=O) groups excluding carboxylic acids is 1. The topological polar surface area (TPSA) is 81.2 Å². The molecule has 0 radical (unpaired) electrons. The van der Waals surface area contributed by atoms with Crippen LogP contribution in [-0.2, 0) is 16.0 Å². The number of hydrogen-bond donors (Lipinski definition) is 2. The molecule has 29 heavy (non-hydrogen) atoms. The second-order valence-corrected chi connectivity index (χ2v) is 6.60. The van der Waals surface area contributed by atoms with Gasteiger partial charge in [-0.1, -0.05) is 18.9 Å². The van der Waals surface area contributed by atoms with Crippen LogP contribution in [0.4, 0.5) is 0 Å². The first kappa shape index (κ1) is 24.6. The first-order chi connectivity index (χ1) is 14.1. The maximum absolute atomic E-state index is 11.3. The number of rotatable bonds is 14. The molecule has 0 heterocycles. The third-order valence-corrected chi connectivity index (χ3v) is 4.36. The fourth-order valence-corrected chi connectivity index (χ4v) is 2.86. The first-order valence-corrected chi connectivity index (χ1v) is 10.5. The van der Waals surface area contributed by atoms with Crippen molar-refractivity contribution < 1.29 is 19.0 Å². The van der Waals surface area contributed by atoms with Crippen LogP contribution in [0, 0.1) is 0 Å². The van der Waals surface area contributed by atoms with Crippen molar-refractivity contribution in [3.8, 4) is 11.5 Å². The molecule has 0 saturated heterocycles. The van der Waals surface area contributed by atoms with Crippen LogP contribution in [0.1, 0.15) is 51.5 Å². The molecule has 0 aliphatic rings. The molecule has 0 spiro atoms. The van der Waals surface area contributed by atoms with Gasteiger partial charge >= 0.3 is 5.97 Å². The van der Waals surface area contributed by atoms with Gasteiger partial charge in [-0.2, -0.15) is 0 Å². The Hall–Kier alpha value is -2.44. The molecule has 0 aromatic heterocycles. The van der Waals surface area contributed by atoms with Gasteiger partial charge in [-0.3, -0.25) is 9.79 Å². The lowest BCUT2D eigenvalue weighted by Crippen LogP contribution is -2.38. The SMILES string of the molecule is CCNC(=NCCCCCCC(=O)OCC)NCCc1ccc(OC)c(OC)c1. The van der Waals surface area contributed by atoms with Gasteiger partial charge in [0.15, 0.2) is 17.5 Å². The fourth-order valence-electron chi connectivity index (χ4n) is 2.86. The van der Waals surface area contributed by atoms with Crippen molar-refractivity contribution >= 4 is 11.9 Å². The van der Waals surface area contributed by atoms with E-state index in [1.165, 1.54) is 5.56 Å². The molecular formula is C22H37N3O4. The third kappa shape index (κ3) is 10.6. The molecule has 164 valence electrons. The van der Waals surface area contributed by atoms with Crippen LogP contribution in [0.3, 0.4) is 0 Å². The zero-order valence-corrected chi connectivity index (χ0v) is 18.4. The van der Waals surface area contributed by atoms with Crippen molar-refractivity contribution in [2.24, 2.45) is 4.99 Å². The highest BCUT2D eigenvalue weighted by atomic mass is 16.5. The molecule has 0 atom stereocenters. The Kier molecular flexibility index (Phi) is 13.1. The van der Waals surface area contributed by atoms with Crippen molar-refractivity contribution in [2.75, 3.05) is 40.5 Å². The highest BCUT2D eigenvalue weighted by Gasteiger charge is 2.05. The van der Waals surface area contributed by atoms with E-state index in [4.69, 9.17) is 14.2 Å². The predicted molar refractivity (Wildman–Crippen MR) is 117 cm³/mol. The number of benzene rings is 1. The summed E-state index contributed by atoms with van der Waals surface area (Å²) in [5.41, 5.74) is 1.17. The van der Waals surface area contributed by atoms with Crippen LogP contribution in [0.2, 0.25) is 0 Å². The Morgan fingerprint density at radius 3 is 2.45 bits per heavy atom. The maximum atomic E-state index is 11.3. The molecule has 1 aromatic carbocycles. The van der Waals surface area contributed by atoms with Crippen LogP contribution < -0.4 is 20.1 Å². The molecule has 1 rings (SSSR count). The van der Waals surface area contributed by atoms with E-state index >= 15 is 0 Å². The molecule has 0 aliphatic heterocycles. The van der Waals surface area contributed by atoms with Crippen molar-refractivity contribution in [2.45, 2.75) is 52.4 Å². The minimum Gasteiger partial charge on any atom is -0.493 e. The number of nitrogens with one attached hydrogen (secondary N) is 2. The monoisotopic (exact) mass is 407 g/mol. The summed E-state index contributed by atoms with van der Waals surface area (Å²) in [5.74, 6) is 2.22. The summed E-state index contributed by atoms with van der Waals surface area (Å²) in [4.78, 5) is 15.9. The van der Waals surface area contributed by atoms with Crippen LogP contribution in [0.15, 0.2) is 23.2 Å². The maximum Gasteiger partial charge on any atom is 0.305 e. The zero-order valence-electron chi connectivity index (χ0n) is 18.4. The number of carbonyl (C=O) groups is 1. The zero-order chi connectivity index (χ0) is 21.3.